The molecule has 0 aliphatic carbocycles. The zero-order chi connectivity index (χ0) is 16.5. The monoisotopic (exact) mass is 360 g/mol. The number of nitrogens with zero attached hydrogens (tertiary/aromatic N) is 2. The first-order valence-corrected chi connectivity index (χ1v) is 9.89. The van der Waals surface area contributed by atoms with Crippen molar-refractivity contribution < 1.29 is 9.47 Å². The standard InChI is InChI=1S/C18H20N2O2S2/c1-2-10-22-12-14-24-18-8-4-6-16(20-18)15-5-3-7-17(19-15)23-13-11-21-9-1/h1-8H,9-14H2/b2-1+. The van der Waals surface area contributed by atoms with E-state index in [1.165, 1.54) is 0 Å². The van der Waals surface area contributed by atoms with Gasteiger partial charge in [0, 0.05) is 11.5 Å². The molecule has 0 radical (unpaired) electrons. The van der Waals surface area contributed by atoms with Gasteiger partial charge in [-0.05, 0) is 24.3 Å². The van der Waals surface area contributed by atoms with Crippen LogP contribution in [0, 0.1) is 0 Å². The first kappa shape index (κ1) is 17.5. The van der Waals surface area contributed by atoms with Crippen molar-refractivity contribution in [2.24, 2.45) is 0 Å². The van der Waals surface area contributed by atoms with Gasteiger partial charge in [0.15, 0.2) is 0 Å². The van der Waals surface area contributed by atoms with Crippen molar-refractivity contribution in [1.82, 2.24) is 9.97 Å². The molecule has 24 heavy (non-hydrogen) atoms. The molecule has 2 aromatic heterocycles. The Morgan fingerprint density at radius 1 is 0.708 bits per heavy atom. The Bertz CT molecular complexity index is 622. The van der Waals surface area contributed by atoms with Gasteiger partial charge in [-0.3, -0.25) is 0 Å². The molecule has 1 aliphatic rings. The topological polar surface area (TPSA) is 44.2 Å². The fraction of sp³-hybridized carbons (Fsp3) is 0.333. The number of rotatable bonds is 0. The van der Waals surface area contributed by atoms with Gasteiger partial charge in [-0.1, -0.05) is 24.3 Å². The van der Waals surface area contributed by atoms with E-state index < -0.39 is 0 Å². The van der Waals surface area contributed by atoms with E-state index in [0.717, 1.165) is 32.9 Å². The summed E-state index contributed by atoms with van der Waals surface area (Å²) in [5, 5.41) is 2.00. The zero-order valence-electron chi connectivity index (χ0n) is 13.4. The van der Waals surface area contributed by atoms with Gasteiger partial charge in [-0.15, -0.1) is 23.5 Å². The molecule has 0 N–H and O–H groups in total. The molecular formula is C18H20N2O2S2. The van der Waals surface area contributed by atoms with Crippen molar-refractivity contribution in [3.8, 4) is 11.4 Å². The van der Waals surface area contributed by atoms with Gasteiger partial charge in [0.25, 0.3) is 0 Å². The summed E-state index contributed by atoms with van der Waals surface area (Å²) in [6.07, 6.45) is 4.01. The highest BCUT2D eigenvalue weighted by atomic mass is 32.2. The van der Waals surface area contributed by atoms with Crippen molar-refractivity contribution in [2.75, 3.05) is 37.9 Å². The number of pyridine rings is 2. The smallest absolute Gasteiger partial charge is 0.0968 e. The van der Waals surface area contributed by atoms with E-state index in [-0.39, 0.29) is 0 Å². The van der Waals surface area contributed by atoms with E-state index in [2.05, 4.69) is 0 Å². The summed E-state index contributed by atoms with van der Waals surface area (Å²) in [5.41, 5.74) is 1.81. The summed E-state index contributed by atoms with van der Waals surface area (Å²) >= 11 is 3.40. The van der Waals surface area contributed by atoms with E-state index >= 15 is 0 Å². The largest absolute Gasteiger partial charge is 0.377 e. The maximum Gasteiger partial charge on any atom is 0.0968 e. The predicted molar refractivity (Wildman–Crippen MR) is 99.7 cm³/mol. The third-order valence-electron chi connectivity index (χ3n) is 3.26. The lowest BCUT2D eigenvalue weighted by Gasteiger charge is -2.07. The van der Waals surface area contributed by atoms with E-state index in [4.69, 9.17) is 19.4 Å². The van der Waals surface area contributed by atoms with Gasteiger partial charge in [0.1, 0.15) is 0 Å². The lowest BCUT2D eigenvalue weighted by atomic mass is 10.2. The average Bonchev–Trinajstić information content (AvgIpc) is 2.62. The van der Waals surface area contributed by atoms with Gasteiger partial charge >= 0.3 is 0 Å². The average molecular weight is 361 g/mol. The van der Waals surface area contributed by atoms with Crippen molar-refractivity contribution in [2.45, 2.75) is 10.1 Å². The third kappa shape index (κ3) is 5.63. The summed E-state index contributed by atoms with van der Waals surface area (Å²) in [5.74, 6) is 1.76. The summed E-state index contributed by atoms with van der Waals surface area (Å²) in [4.78, 5) is 9.41. The molecule has 4 bridgehead atoms. The van der Waals surface area contributed by atoms with Crippen molar-refractivity contribution in [3.63, 3.8) is 0 Å². The molecule has 3 rings (SSSR count). The summed E-state index contributed by atoms with van der Waals surface area (Å²) in [6, 6.07) is 12.1. The SMILES string of the molecule is C1=C/COCCSc2cccc(n2)-c2cccc(n2)SCCOC/1. The quantitative estimate of drug-likeness (QED) is 0.663. The van der Waals surface area contributed by atoms with Crippen LogP contribution in [0.3, 0.4) is 0 Å². The first-order chi connectivity index (χ1) is 11.9. The normalized spacial score (nSPS) is 18.3. The molecule has 0 unspecified atom stereocenters. The highest BCUT2D eigenvalue weighted by molar-refractivity contribution is 7.99. The Kier molecular flexibility index (Phi) is 7.16. The third-order valence-corrected chi connectivity index (χ3v) is 5.05. The van der Waals surface area contributed by atoms with E-state index in [1.54, 1.807) is 23.5 Å². The molecule has 0 amide bonds. The van der Waals surface area contributed by atoms with Crippen LogP contribution < -0.4 is 0 Å². The first-order valence-electron chi connectivity index (χ1n) is 7.92. The van der Waals surface area contributed by atoms with Crippen LogP contribution in [-0.4, -0.2) is 47.9 Å². The van der Waals surface area contributed by atoms with Gasteiger partial charge in [-0.25, -0.2) is 9.97 Å². The van der Waals surface area contributed by atoms with Gasteiger partial charge in [0.05, 0.1) is 47.9 Å². The second kappa shape index (κ2) is 9.84. The van der Waals surface area contributed by atoms with Crippen LogP contribution in [0.2, 0.25) is 0 Å². The molecule has 126 valence electrons. The lowest BCUT2D eigenvalue weighted by molar-refractivity contribution is 0.171. The van der Waals surface area contributed by atoms with Crippen LogP contribution in [0.25, 0.3) is 11.4 Å². The molecular weight excluding hydrogens is 340 g/mol. The summed E-state index contributed by atoms with van der Waals surface area (Å²) in [7, 11) is 0. The Hall–Kier alpha value is -1.34. The van der Waals surface area contributed by atoms with Crippen LogP contribution in [0.1, 0.15) is 0 Å². The van der Waals surface area contributed by atoms with Crippen molar-refractivity contribution in [1.29, 1.82) is 0 Å². The zero-order valence-corrected chi connectivity index (χ0v) is 15.0. The minimum atomic E-state index is 0.626. The molecule has 4 nitrogen and oxygen atoms in total. The van der Waals surface area contributed by atoms with Crippen molar-refractivity contribution >= 4 is 23.5 Å². The predicted octanol–water partition coefficient (Wildman–Crippen LogP) is 3.93. The minimum Gasteiger partial charge on any atom is -0.377 e. The Morgan fingerprint density at radius 3 is 1.71 bits per heavy atom. The maximum absolute atomic E-state index is 5.58. The van der Waals surface area contributed by atoms with Crippen LogP contribution in [0.4, 0.5) is 0 Å². The van der Waals surface area contributed by atoms with Gasteiger partial charge < -0.3 is 9.47 Å². The minimum absolute atomic E-state index is 0.626. The van der Waals surface area contributed by atoms with E-state index in [9.17, 15) is 0 Å². The Balaban J connectivity index is 1.75. The lowest BCUT2D eigenvalue weighted by Crippen LogP contribution is -2.00. The molecule has 1 aliphatic heterocycles. The molecule has 2 aromatic rings. The second-order valence-electron chi connectivity index (χ2n) is 5.04. The van der Waals surface area contributed by atoms with Gasteiger partial charge in [0.2, 0.25) is 0 Å². The fourth-order valence-corrected chi connectivity index (χ4v) is 3.62. The van der Waals surface area contributed by atoms with E-state index in [1.807, 2.05) is 48.6 Å². The fourth-order valence-electron chi connectivity index (χ4n) is 2.12. The second-order valence-corrected chi connectivity index (χ2v) is 7.27. The van der Waals surface area contributed by atoms with Crippen LogP contribution in [-0.2, 0) is 9.47 Å². The number of aromatic nitrogens is 2. The molecule has 6 heteroatoms. The molecule has 0 saturated carbocycles. The van der Waals surface area contributed by atoms with Crippen LogP contribution in [0.5, 0.6) is 0 Å². The van der Waals surface area contributed by atoms with Crippen LogP contribution >= 0.6 is 23.5 Å². The Labute approximate surface area is 151 Å². The van der Waals surface area contributed by atoms with Crippen LogP contribution in [0.15, 0.2) is 58.6 Å². The highest BCUT2D eigenvalue weighted by Crippen LogP contribution is 2.23. The molecule has 0 fully saturated rings. The highest BCUT2D eigenvalue weighted by Gasteiger charge is 2.05. The molecule has 0 spiro atoms. The molecule has 3 heterocycles. The van der Waals surface area contributed by atoms with Crippen molar-refractivity contribution in [3.05, 3.63) is 48.6 Å². The maximum atomic E-state index is 5.58. The van der Waals surface area contributed by atoms with Gasteiger partial charge in [-0.2, -0.15) is 0 Å². The number of hydrogen-bond donors (Lipinski definition) is 0. The molecule has 0 aromatic carbocycles. The Morgan fingerprint density at radius 2 is 1.21 bits per heavy atom. The van der Waals surface area contributed by atoms with E-state index in [0.29, 0.717) is 26.4 Å². The summed E-state index contributed by atoms with van der Waals surface area (Å²) in [6.45, 7) is 2.65. The molecule has 0 atom stereocenters. The number of thioether (sulfide) groups is 2. The number of ether oxygens (including phenoxy) is 2. The number of fused-ring (bicyclic) bond motifs is 5. The summed E-state index contributed by atoms with van der Waals surface area (Å²) < 4.78 is 11.2. The number of hydrogen-bond acceptors (Lipinski definition) is 6. The molecule has 0 saturated heterocycles.